The number of ether oxygens (including phenoxy) is 1. The summed E-state index contributed by atoms with van der Waals surface area (Å²) in [6, 6.07) is 5.98. The average Bonchev–Trinajstić information content (AvgIpc) is 2.86. The first-order valence-corrected chi connectivity index (χ1v) is 12.8. The summed E-state index contributed by atoms with van der Waals surface area (Å²) >= 11 is 17.7. The molecule has 0 radical (unpaired) electrons. The van der Waals surface area contributed by atoms with Gasteiger partial charge in [0.1, 0.15) is 18.3 Å². The van der Waals surface area contributed by atoms with Crippen LogP contribution in [0, 0.1) is 5.92 Å². The summed E-state index contributed by atoms with van der Waals surface area (Å²) in [4.78, 5) is 50.2. The van der Waals surface area contributed by atoms with Crippen molar-refractivity contribution in [1.82, 2.24) is 16.0 Å². The summed E-state index contributed by atoms with van der Waals surface area (Å²) in [5, 5.41) is 6.07. The average molecular weight is 647 g/mol. The number of ketones is 1. The lowest BCUT2D eigenvalue weighted by atomic mass is 9.94. The predicted octanol–water partition coefficient (Wildman–Crippen LogP) is 4.91. The van der Waals surface area contributed by atoms with Crippen molar-refractivity contribution in [3.05, 3.63) is 63.1 Å². The lowest BCUT2D eigenvalue weighted by Crippen LogP contribution is -2.58. The van der Waals surface area contributed by atoms with E-state index in [-0.39, 0.29) is 26.4 Å². The molecular formula is C25H23Cl3F5N3O5. The zero-order valence-electron chi connectivity index (χ0n) is 21.3. The highest BCUT2D eigenvalue weighted by Crippen LogP contribution is 2.25. The van der Waals surface area contributed by atoms with Crippen LogP contribution < -0.4 is 20.7 Å². The number of hydrogen-bond donors (Lipinski definition) is 3. The maximum atomic E-state index is 14.5. The van der Waals surface area contributed by atoms with Crippen LogP contribution in [0.25, 0.3) is 0 Å². The van der Waals surface area contributed by atoms with Crippen LogP contribution in [0.3, 0.4) is 0 Å². The van der Waals surface area contributed by atoms with E-state index in [2.05, 4.69) is 10.6 Å². The number of carbonyl (C=O) groups is 4. The zero-order chi connectivity index (χ0) is 31.1. The number of benzene rings is 2. The molecule has 2 aromatic carbocycles. The topological polar surface area (TPSA) is 114 Å². The van der Waals surface area contributed by atoms with Crippen LogP contribution in [0.15, 0.2) is 42.5 Å². The SMILES string of the molecule is CC(C)[C@H](NC(=O)[C@@H](NC(=O)COc1cc(Cl)cc(Cl)c1)c1ccc(Cl)cc1)C(=O)C(F)(F)C(=O)NCC(F)(F)F. The van der Waals surface area contributed by atoms with E-state index in [4.69, 9.17) is 39.5 Å². The van der Waals surface area contributed by atoms with Crippen LogP contribution >= 0.6 is 34.8 Å². The summed E-state index contributed by atoms with van der Waals surface area (Å²) in [6.45, 7) is -0.224. The zero-order valence-corrected chi connectivity index (χ0v) is 23.5. The molecule has 224 valence electrons. The molecule has 0 spiro atoms. The van der Waals surface area contributed by atoms with E-state index in [1.807, 2.05) is 0 Å². The first-order chi connectivity index (χ1) is 18.9. The molecule has 8 nitrogen and oxygen atoms in total. The fraction of sp³-hybridized carbons (Fsp3) is 0.360. The molecule has 3 amide bonds. The number of nitrogens with one attached hydrogen (secondary N) is 3. The minimum Gasteiger partial charge on any atom is -0.484 e. The standard InChI is InChI=1S/C25H23Cl3F5N3O5/c1-12(2)19(21(38)25(32,33)23(40)34-11-24(29,30)31)36-22(39)20(13-3-5-14(26)6-4-13)35-18(37)10-41-17-8-15(27)7-16(28)9-17/h3-9,12,19-20H,10-11H2,1-2H3,(H,34,40)(H,35,37)(H,36,39)/t19-,20-/m0/s1. The molecule has 41 heavy (non-hydrogen) atoms. The van der Waals surface area contributed by atoms with Gasteiger partial charge in [0, 0.05) is 15.1 Å². The molecule has 0 saturated carbocycles. The first-order valence-electron chi connectivity index (χ1n) is 11.6. The second-order valence-corrected chi connectivity index (χ2v) is 10.2. The van der Waals surface area contributed by atoms with E-state index in [1.165, 1.54) is 56.3 Å². The van der Waals surface area contributed by atoms with Crippen molar-refractivity contribution in [3.63, 3.8) is 0 Å². The minimum atomic E-state index is -5.01. The number of alkyl halides is 5. The summed E-state index contributed by atoms with van der Waals surface area (Å²) in [5.74, 6) is -12.5. The highest BCUT2D eigenvalue weighted by molar-refractivity contribution is 6.34. The Morgan fingerprint density at radius 2 is 1.41 bits per heavy atom. The van der Waals surface area contributed by atoms with Crippen molar-refractivity contribution in [2.75, 3.05) is 13.2 Å². The number of halogens is 8. The second kappa shape index (κ2) is 14.1. The van der Waals surface area contributed by atoms with E-state index < -0.39 is 66.8 Å². The molecule has 0 saturated heterocycles. The van der Waals surface area contributed by atoms with Gasteiger partial charge in [-0.3, -0.25) is 19.2 Å². The number of amides is 3. The summed E-state index contributed by atoms with van der Waals surface area (Å²) in [6.07, 6.45) is -5.01. The fourth-order valence-corrected chi connectivity index (χ4v) is 3.92. The van der Waals surface area contributed by atoms with Crippen LogP contribution in [-0.2, 0) is 19.2 Å². The molecule has 0 heterocycles. The Morgan fingerprint density at radius 3 is 1.93 bits per heavy atom. The molecule has 0 unspecified atom stereocenters. The van der Waals surface area contributed by atoms with E-state index in [0.717, 1.165) is 5.32 Å². The monoisotopic (exact) mass is 645 g/mol. The van der Waals surface area contributed by atoms with Crippen molar-refractivity contribution in [2.24, 2.45) is 5.92 Å². The molecule has 3 N–H and O–H groups in total. The number of Topliss-reactive ketones (excluding diaryl/α,β-unsaturated/α-hetero) is 1. The van der Waals surface area contributed by atoms with Gasteiger partial charge in [-0.05, 0) is 41.8 Å². The van der Waals surface area contributed by atoms with Gasteiger partial charge in [0.2, 0.25) is 11.7 Å². The van der Waals surface area contributed by atoms with Gasteiger partial charge in [-0.2, -0.15) is 22.0 Å². The quantitative estimate of drug-likeness (QED) is 0.224. The molecule has 0 bridgehead atoms. The van der Waals surface area contributed by atoms with Gasteiger partial charge >= 0.3 is 12.1 Å². The normalized spacial score (nSPS) is 13.2. The van der Waals surface area contributed by atoms with Crippen LogP contribution in [0.2, 0.25) is 15.1 Å². The summed E-state index contributed by atoms with van der Waals surface area (Å²) in [7, 11) is 0. The largest absolute Gasteiger partial charge is 0.484 e. The van der Waals surface area contributed by atoms with Crippen LogP contribution in [0.4, 0.5) is 22.0 Å². The Labute approximate surface area is 245 Å². The van der Waals surface area contributed by atoms with Gasteiger partial charge < -0.3 is 20.7 Å². The molecule has 0 aliphatic rings. The Hall–Kier alpha value is -3.16. The lowest BCUT2D eigenvalue weighted by Gasteiger charge is -2.27. The smallest absolute Gasteiger partial charge is 0.405 e. The molecular weight excluding hydrogens is 624 g/mol. The molecule has 0 aliphatic carbocycles. The van der Waals surface area contributed by atoms with Crippen LogP contribution in [-0.4, -0.2) is 54.8 Å². The van der Waals surface area contributed by atoms with Crippen molar-refractivity contribution >= 4 is 58.3 Å². The van der Waals surface area contributed by atoms with Crippen molar-refractivity contribution < 1.29 is 45.9 Å². The molecule has 2 atom stereocenters. The van der Waals surface area contributed by atoms with Crippen LogP contribution in [0.1, 0.15) is 25.5 Å². The van der Waals surface area contributed by atoms with E-state index in [9.17, 15) is 41.1 Å². The van der Waals surface area contributed by atoms with E-state index in [1.54, 1.807) is 0 Å². The Bertz CT molecular complexity index is 1260. The predicted molar refractivity (Wildman–Crippen MR) is 140 cm³/mol. The lowest BCUT2D eigenvalue weighted by molar-refractivity contribution is -0.165. The highest BCUT2D eigenvalue weighted by Gasteiger charge is 2.52. The van der Waals surface area contributed by atoms with Gasteiger partial charge in [-0.15, -0.1) is 0 Å². The Morgan fingerprint density at radius 1 is 0.854 bits per heavy atom. The maximum Gasteiger partial charge on any atom is 0.405 e. The summed E-state index contributed by atoms with van der Waals surface area (Å²) < 4.78 is 71.5. The highest BCUT2D eigenvalue weighted by atomic mass is 35.5. The Kier molecular flexibility index (Phi) is 11.7. The van der Waals surface area contributed by atoms with Crippen molar-refractivity contribution in [3.8, 4) is 5.75 Å². The second-order valence-electron chi connectivity index (χ2n) is 8.91. The van der Waals surface area contributed by atoms with Gasteiger partial charge in [0.25, 0.3) is 11.8 Å². The van der Waals surface area contributed by atoms with E-state index in [0.29, 0.717) is 0 Å². The third kappa shape index (κ3) is 10.3. The molecule has 16 heteroatoms. The molecule has 2 aromatic rings. The summed E-state index contributed by atoms with van der Waals surface area (Å²) in [5.41, 5.74) is 0.121. The first kappa shape index (κ1) is 34.0. The number of carbonyl (C=O) groups excluding carboxylic acids is 4. The minimum absolute atomic E-state index is 0.121. The van der Waals surface area contributed by atoms with Crippen molar-refractivity contribution in [1.29, 1.82) is 0 Å². The van der Waals surface area contributed by atoms with Crippen LogP contribution in [0.5, 0.6) is 5.75 Å². The molecule has 0 aliphatic heterocycles. The third-order valence-corrected chi connectivity index (χ3v) is 5.96. The number of rotatable bonds is 12. The maximum absolute atomic E-state index is 14.5. The molecule has 0 aromatic heterocycles. The van der Waals surface area contributed by atoms with Gasteiger partial charge in [0.15, 0.2) is 6.61 Å². The Balaban J connectivity index is 2.25. The molecule has 0 fully saturated rings. The third-order valence-electron chi connectivity index (χ3n) is 5.27. The number of hydrogen-bond acceptors (Lipinski definition) is 5. The van der Waals surface area contributed by atoms with Crippen molar-refractivity contribution in [2.45, 2.75) is 38.0 Å². The van der Waals surface area contributed by atoms with E-state index >= 15 is 0 Å². The fourth-order valence-electron chi connectivity index (χ4n) is 3.29. The van der Waals surface area contributed by atoms with Gasteiger partial charge in [-0.1, -0.05) is 60.8 Å². The molecule has 2 rings (SSSR count). The van der Waals surface area contributed by atoms with Gasteiger partial charge in [-0.25, -0.2) is 0 Å². The van der Waals surface area contributed by atoms with Gasteiger partial charge in [0.05, 0.1) is 6.04 Å².